The maximum atomic E-state index is 13.1. The van der Waals surface area contributed by atoms with Crippen molar-refractivity contribution in [2.45, 2.75) is 6.18 Å². The van der Waals surface area contributed by atoms with Crippen LogP contribution in [0, 0.1) is 21.4 Å². The number of halogens is 3. The number of fused-ring (bicyclic) bond motifs is 1. The number of nitro benzene ring substituents is 1. The Morgan fingerprint density at radius 2 is 1.81 bits per heavy atom. The second-order valence-electron chi connectivity index (χ2n) is 7.06. The molecule has 0 atom stereocenters. The van der Waals surface area contributed by atoms with Crippen molar-refractivity contribution in [2.24, 2.45) is 0 Å². The lowest BCUT2D eigenvalue weighted by molar-refractivity contribution is -0.383. The smallest absolute Gasteiger partial charge is 0.368 e. The average molecular weight is 461 g/mol. The highest BCUT2D eigenvalue weighted by molar-refractivity contribution is 7.22. The van der Waals surface area contributed by atoms with Crippen LogP contribution in [0.4, 0.5) is 29.7 Å². The molecule has 1 aromatic heterocycles. The van der Waals surface area contributed by atoms with Gasteiger partial charge in [-0.3, -0.25) is 14.9 Å². The van der Waals surface area contributed by atoms with E-state index in [9.17, 15) is 28.1 Å². The van der Waals surface area contributed by atoms with Crippen LogP contribution < -0.4 is 15.4 Å². The first-order chi connectivity index (χ1) is 15.2. The summed E-state index contributed by atoms with van der Waals surface area (Å²) in [5.41, 5.74) is -1.56. The van der Waals surface area contributed by atoms with Gasteiger partial charge in [0.1, 0.15) is 4.70 Å². The molecule has 32 heavy (non-hydrogen) atoms. The van der Waals surface area contributed by atoms with E-state index in [4.69, 9.17) is 5.26 Å². The van der Waals surface area contributed by atoms with E-state index in [1.165, 1.54) is 0 Å². The quantitative estimate of drug-likeness (QED) is 0.432. The summed E-state index contributed by atoms with van der Waals surface area (Å²) in [6.07, 6.45) is -4.83. The highest BCUT2D eigenvalue weighted by Gasteiger charge is 2.34. The van der Waals surface area contributed by atoms with Crippen molar-refractivity contribution in [2.75, 3.05) is 36.0 Å². The van der Waals surface area contributed by atoms with Crippen LogP contribution in [0.2, 0.25) is 0 Å². The summed E-state index contributed by atoms with van der Waals surface area (Å²) in [7, 11) is 0. The first-order valence-electron chi connectivity index (χ1n) is 9.38. The van der Waals surface area contributed by atoms with Crippen LogP contribution in [-0.2, 0) is 6.18 Å². The van der Waals surface area contributed by atoms with Crippen molar-refractivity contribution >= 4 is 37.9 Å². The van der Waals surface area contributed by atoms with Crippen molar-refractivity contribution in [3.8, 4) is 6.07 Å². The molecule has 1 fully saturated rings. The molecule has 0 amide bonds. The van der Waals surface area contributed by atoms with Gasteiger partial charge in [-0.1, -0.05) is 17.4 Å². The maximum Gasteiger partial charge on any atom is 0.416 e. The number of nitriles is 1. The summed E-state index contributed by atoms with van der Waals surface area (Å²) in [5, 5.41) is 20.3. The standard InChI is InChI=1S/C20H14F3N5O3S/c21-20(22,23)13-9-15-17(16(10-13)28(30)31)32-19(25-18(15)29)27-6-4-26(5-7-27)14-3-1-2-12(8-14)11-24/h1-3,8-10H,4-7H2. The van der Waals surface area contributed by atoms with Crippen LogP contribution in [0.15, 0.2) is 41.2 Å². The maximum absolute atomic E-state index is 13.1. The molecule has 1 aliphatic rings. The normalized spacial score (nSPS) is 14.4. The van der Waals surface area contributed by atoms with E-state index in [1.54, 1.807) is 23.1 Å². The zero-order valence-corrected chi connectivity index (χ0v) is 17.1. The molecule has 2 aromatic carbocycles. The number of hydrogen-bond acceptors (Lipinski definition) is 8. The van der Waals surface area contributed by atoms with Gasteiger partial charge in [-0.2, -0.15) is 23.4 Å². The Morgan fingerprint density at radius 1 is 1.12 bits per heavy atom. The number of piperazine rings is 1. The summed E-state index contributed by atoms with van der Waals surface area (Å²) >= 11 is 0.829. The monoisotopic (exact) mass is 461 g/mol. The zero-order valence-electron chi connectivity index (χ0n) is 16.3. The van der Waals surface area contributed by atoms with E-state index in [-0.39, 0.29) is 9.83 Å². The van der Waals surface area contributed by atoms with Gasteiger partial charge in [-0.25, -0.2) is 0 Å². The lowest BCUT2D eigenvalue weighted by Gasteiger charge is -2.36. The van der Waals surface area contributed by atoms with E-state index in [0.717, 1.165) is 17.0 Å². The number of benzene rings is 2. The van der Waals surface area contributed by atoms with Crippen molar-refractivity contribution in [1.82, 2.24) is 4.98 Å². The molecule has 0 radical (unpaired) electrons. The van der Waals surface area contributed by atoms with E-state index in [0.29, 0.717) is 43.9 Å². The van der Waals surface area contributed by atoms with Crippen LogP contribution in [0.5, 0.6) is 0 Å². The first-order valence-corrected chi connectivity index (χ1v) is 10.2. The minimum Gasteiger partial charge on any atom is -0.368 e. The van der Waals surface area contributed by atoms with Gasteiger partial charge in [0.2, 0.25) is 0 Å². The van der Waals surface area contributed by atoms with Gasteiger partial charge < -0.3 is 9.80 Å². The predicted octanol–water partition coefficient (Wildman–Crippen LogP) is 3.78. The Balaban J connectivity index is 1.66. The van der Waals surface area contributed by atoms with Crippen molar-refractivity contribution < 1.29 is 18.1 Å². The predicted molar refractivity (Wildman–Crippen MR) is 113 cm³/mol. The molecular formula is C20H14F3N5O3S. The van der Waals surface area contributed by atoms with Gasteiger partial charge in [-0.05, 0) is 24.3 Å². The Hall–Kier alpha value is -3.72. The molecule has 0 saturated carbocycles. The number of alkyl halides is 3. The summed E-state index contributed by atoms with van der Waals surface area (Å²) in [6, 6.07) is 10.3. The SMILES string of the molecule is N#Cc1cccc(N2CCN(c3nc(=O)c4cc(C(F)(F)F)cc([N+](=O)[O-])c4s3)CC2)c1. The minimum atomic E-state index is -4.83. The summed E-state index contributed by atoms with van der Waals surface area (Å²) in [5.74, 6) is 0. The summed E-state index contributed by atoms with van der Waals surface area (Å²) in [6.45, 7) is 1.98. The zero-order chi connectivity index (χ0) is 23.0. The van der Waals surface area contributed by atoms with Gasteiger partial charge in [0.05, 0.1) is 27.5 Å². The molecule has 0 N–H and O–H groups in total. The van der Waals surface area contributed by atoms with Gasteiger partial charge in [0.15, 0.2) is 5.13 Å². The molecule has 1 aliphatic heterocycles. The largest absolute Gasteiger partial charge is 0.416 e. The Kier molecular flexibility index (Phi) is 5.43. The van der Waals surface area contributed by atoms with Gasteiger partial charge in [0.25, 0.3) is 11.2 Å². The van der Waals surface area contributed by atoms with Crippen LogP contribution >= 0.6 is 11.3 Å². The van der Waals surface area contributed by atoms with Crippen LogP contribution in [0.3, 0.4) is 0 Å². The molecule has 0 bridgehead atoms. The first kappa shape index (κ1) is 21.5. The second kappa shape index (κ2) is 8.08. The molecule has 164 valence electrons. The van der Waals surface area contributed by atoms with Crippen molar-refractivity contribution in [3.05, 3.63) is 68.0 Å². The molecule has 0 spiro atoms. The Bertz CT molecular complexity index is 1310. The van der Waals surface area contributed by atoms with Crippen molar-refractivity contribution in [1.29, 1.82) is 5.26 Å². The minimum absolute atomic E-state index is 0.137. The number of aromatic nitrogens is 1. The number of nitrogens with zero attached hydrogens (tertiary/aromatic N) is 5. The molecule has 0 aliphatic carbocycles. The molecule has 4 rings (SSSR count). The lowest BCUT2D eigenvalue weighted by atomic mass is 10.1. The Labute approximate surface area is 182 Å². The highest BCUT2D eigenvalue weighted by Crippen LogP contribution is 2.38. The number of non-ortho nitro benzene ring substituents is 1. The van der Waals surface area contributed by atoms with Gasteiger partial charge >= 0.3 is 6.18 Å². The molecule has 3 aromatic rings. The molecule has 12 heteroatoms. The van der Waals surface area contributed by atoms with Gasteiger partial charge in [0, 0.05) is 37.9 Å². The second-order valence-corrected chi connectivity index (χ2v) is 8.04. The van der Waals surface area contributed by atoms with E-state index in [1.807, 2.05) is 6.07 Å². The number of rotatable bonds is 3. The lowest BCUT2D eigenvalue weighted by Crippen LogP contribution is -2.47. The third-order valence-corrected chi connectivity index (χ3v) is 6.27. The molecule has 8 nitrogen and oxygen atoms in total. The topological polar surface area (TPSA) is 103 Å². The van der Waals surface area contributed by atoms with E-state index in [2.05, 4.69) is 16.0 Å². The van der Waals surface area contributed by atoms with Crippen LogP contribution in [0.1, 0.15) is 11.1 Å². The molecule has 0 unspecified atom stereocenters. The summed E-state index contributed by atoms with van der Waals surface area (Å²) in [4.78, 5) is 30.7. The summed E-state index contributed by atoms with van der Waals surface area (Å²) < 4.78 is 39.2. The third-order valence-electron chi connectivity index (χ3n) is 5.10. The fourth-order valence-corrected chi connectivity index (χ4v) is 4.62. The molecular weight excluding hydrogens is 447 g/mol. The fraction of sp³-hybridized carbons (Fsp3) is 0.250. The molecule has 1 saturated heterocycles. The van der Waals surface area contributed by atoms with Crippen LogP contribution in [-0.4, -0.2) is 36.1 Å². The Morgan fingerprint density at radius 3 is 2.44 bits per heavy atom. The number of anilines is 2. The van der Waals surface area contributed by atoms with E-state index >= 15 is 0 Å². The van der Waals surface area contributed by atoms with Crippen molar-refractivity contribution in [3.63, 3.8) is 0 Å². The number of nitro groups is 1. The number of hydrogen-bond donors (Lipinski definition) is 0. The average Bonchev–Trinajstić information content (AvgIpc) is 2.77. The third kappa shape index (κ3) is 4.06. The van der Waals surface area contributed by atoms with Gasteiger partial charge in [-0.15, -0.1) is 0 Å². The van der Waals surface area contributed by atoms with E-state index < -0.39 is 33.3 Å². The molecule has 2 heterocycles. The highest BCUT2D eigenvalue weighted by atomic mass is 32.1. The fourth-order valence-electron chi connectivity index (χ4n) is 3.50. The van der Waals surface area contributed by atoms with Crippen LogP contribution in [0.25, 0.3) is 10.1 Å².